The maximum atomic E-state index is 14.3. The van der Waals surface area contributed by atoms with Gasteiger partial charge >= 0.3 is 6.18 Å². The van der Waals surface area contributed by atoms with E-state index in [1.807, 2.05) is 0 Å². The third-order valence-corrected chi connectivity index (χ3v) is 6.63. The number of carbonyl (C=O) groups excluding carboxylic acids is 2. The number of nitrogens with two attached hydrogens (primary N) is 1. The number of imidazole rings is 1. The summed E-state index contributed by atoms with van der Waals surface area (Å²) in [4.78, 5) is 35.7. The lowest BCUT2D eigenvalue weighted by Crippen LogP contribution is -2.40. The minimum absolute atomic E-state index is 0.0348. The molecule has 0 saturated carbocycles. The minimum Gasteiger partial charge on any atom is -0.489 e. The Hall–Kier alpha value is -4.55. The maximum absolute atomic E-state index is 14.3. The highest BCUT2D eigenvalue weighted by molar-refractivity contribution is 5.94. The lowest BCUT2D eigenvalue weighted by atomic mass is 9.82. The molecule has 1 aliphatic rings. The Morgan fingerprint density at radius 1 is 1.10 bits per heavy atom. The van der Waals surface area contributed by atoms with Crippen LogP contribution in [0.5, 0.6) is 5.75 Å². The number of pyridine rings is 1. The van der Waals surface area contributed by atoms with Crippen molar-refractivity contribution in [2.24, 2.45) is 5.73 Å². The van der Waals surface area contributed by atoms with Crippen LogP contribution in [0.4, 0.5) is 22.0 Å². The Balaban J connectivity index is 1.54. The number of hydrogen-bond donors (Lipinski definition) is 3. The van der Waals surface area contributed by atoms with Crippen LogP contribution in [-0.2, 0) is 10.2 Å². The number of nitrogens with zero attached hydrogens (tertiary/aromatic N) is 2. The highest BCUT2D eigenvalue weighted by Gasteiger charge is 2.47. The van der Waals surface area contributed by atoms with Crippen molar-refractivity contribution in [3.8, 4) is 17.0 Å². The van der Waals surface area contributed by atoms with Crippen LogP contribution in [-0.4, -0.2) is 46.1 Å². The van der Waals surface area contributed by atoms with Gasteiger partial charge in [0.05, 0.1) is 16.7 Å². The molecule has 0 spiro atoms. The van der Waals surface area contributed by atoms with Crippen molar-refractivity contribution in [3.05, 3.63) is 77.2 Å². The lowest BCUT2D eigenvalue weighted by molar-refractivity contribution is -0.149. The quantitative estimate of drug-likeness (QED) is 0.315. The van der Waals surface area contributed by atoms with Crippen molar-refractivity contribution in [1.29, 1.82) is 0 Å². The number of fused-ring (bicyclic) bond motifs is 2. The zero-order valence-corrected chi connectivity index (χ0v) is 20.2. The van der Waals surface area contributed by atoms with Crippen LogP contribution in [0.1, 0.15) is 34.7 Å². The van der Waals surface area contributed by atoms with Crippen LogP contribution in [0.25, 0.3) is 22.3 Å². The largest absolute Gasteiger partial charge is 0.489 e. The number of rotatable bonds is 6. The SMILES string of the molecule is C[C@]1(C(N)=O)COc2c1cc([C@@H](CNC(=O)c1nc3ccc(F)cc3[nH]1)C(F)(F)F)nc2-c1ccc(F)cc1. The fourth-order valence-electron chi connectivity index (χ4n) is 4.34. The molecule has 2 aromatic carbocycles. The zero-order chi connectivity index (χ0) is 28.1. The van der Waals surface area contributed by atoms with E-state index in [1.165, 1.54) is 25.1 Å². The van der Waals surface area contributed by atoms with Gasteiger partial charge < -0.3 is 20.8 Å². The molecule has 1 aliphatic heterocycles. The van der Waals surface area contributed by atoms with Crippen LogP contribution < -0.4 is 15.8 Å². The first-order valence-electron chi connectivity index (χ1n) is 11.6. The molecule has 13 heteroatoms. The summed E-state index contributed by atoms with van der Waals surface area (Å²) in [5, 5.41) is 2.20. The Labute approximate surface area is 217 Å². The van der Waals surface area contributed by atoms with Gasteiger partial charge in [-0.1, -0.05) is 0 Å². The number of halogens is 5. The molecule has 0 bridgehead atoms. The van der Waals surface area contributed by atoms with Crippen LogP contribution >= 0.6 is 0 Å². The number of carbonyl (C=O) groups is 2. The van der Waals surface area contributed by atoms with E-state index >= 15 is 0 Å². The predicted molar refractivity (Wildman–Crippen MR) is 129 cm³/mol. The van der Waals surface area contributed by atoms with E-state index in [-0.39, 0.29) is 46.0 Å². The second-order valence-corrected chi connectivity index (χ2v) is 9.32. The summed E-state index contributed by atoms with van der Waals surface area (Å²) in [6.45, 7) is 0.280. The number of hydrogen-bond acceptors (Lipinski definition) is 5. The van der Waals surface area contributed by atoms with Crippen molar-refractivity contribution in [2.45, 2.75) is 24.4 Å². The fourth-order valence-corrected chi connectivity index (χ4v) is 4.34. The molecular weight excluding hydrogens is 525 g/mol. The molecule has 4 aromatic rings. The minimum atomic E-state index is -4.88. The second-order valence-electron chi connectivity index (χ2n) is 9.32. The summed E-state index contributed by atoms with van der Waals surface area (Å²) >= 11 is 0. The van der Waals surface area contributed by atoms with Crippen molar-refractivity contribution in [3.63, 3.8) is 0 Å². The maximum Gasteiger partial charge on any atom is 0.398 e. The van der Waals surface area contributed by atoms with Gasteiger partial charge in [-0.2, -0.15) is 13.2 Å². The molecule has 0 saturated heterocycles. The molecule has 2 atom stereocenters. The second kappa shape index (κ2) is 9.33. The molecule has 4 N–H and O–H groups in total. The van der Waals surface area contributed by atoms with Crippen molar-refractivity contribution < 1.29 is 36.3 Å². The molecule has 202 valence electrons. The van der Waals surface area contributed by atoms with E-state index in [4.69, 9.17) is 10.5 Å². The van der Waals surface area contributed by atoms with Gasteiger partial charge in [0, 0.05) is 17.7 Å². The first kappa shape index (κ1) is 26.1. The first-order valence-corrected chi connectivity index (χ1v) is 11.6. The summed E-state index contributed by atoms with van der Waals surface area (Å²) in [7, 11) is 0. The first-order chi connectivity index (χ1) is 18.4. The lowest BCUT2D eigenvalue weighted by Gasteiger charge is -2.23. The Morgan fingerprint density at radius 3 is 2.46 bits per heavy atom. The smallest absolute Gasteiger partial charge is 0.398 e. The number of aromatic nitrogens is 3. The van der Waals surface area contributed by atoms with Crippen LogP contribution in [0.2, 0.25) is 0 Å². The van der Waals surface area contributed by atoms with Crippen LogP contribution in [0.3, 0.4) is 0 Å². The van der Waals surface area contributed by atoms with Gasteiger partial charge in [0.2, 0.25) is 5.91 Å². The molecule has 0 fully saturated rings. The van der Waals surface area contributed by atoms with Gasteiger partial charge in [0.15, 0.2) is 5.82 Å². The summed E-state index contributed by atoms with van der Waals surface area (Å²) in [6, 6.07) is 9.50. The summed E-state index contributed by atoms with van der Waals surface area (Å²) in [5.41, 5.74) is 4.37. The number of primary amides is 1. The Morgan fingerprint density at radius 2 is 1.79 bits per heavy atom. The Bertz CT molecular complexity index is 1600. The predicted octanol–water partition coefficient (Wildman–Crippen LogP) is 4.11. The van der Waals surface area contributed by atoms with Gasteiger partial charge in [0.1, 0.15) is 41.0 Å². The third kappa shape index (κ3) is 4.75. The molecule has 2 amide bonds. The number of ether oxygens (including phenoxy) is 1. The molecule has 5 rings (SSSR count). The van der Waals surface area contributed by atoms with E-state index in [9.17, 15) is 31.5 Å². The van der Waals surface area contributed by atoms with Gasteiger partial charge in [-0.3, -0.25) is 9.59 Å². The molecule has 8 nitrogen and oxygen atoms in total. The molecule has 3 heterocycles. The van der Waals surface area contributed by atoms with E-state index in [1.54, 1.807) is 0 Å². The van der Waals surface area contributed by atoms with Gasteiger partial charge in [-0.15, -0.1) is 0 Å². The van der Waals surface area contributed by atoms with Gasteiger partial charge in [-0.05, 0) is 55.5 Å². The molecule has 0 radical (unpaired) electrons. The summed E-state index contributed by atoms with van der Waals surface area (Å²) < 4.78 is 75.7. The zero-order valence-electron chi connectivity index (χ0n) is 20.2. The third-order valence-electron chi connectivity index (χ3n) is 6.63. The van der Waals surface area contributed by atoms with Crippen molar-refractivity contribution in [1.82, 2.24) is 20.3 Å². The topological polar surface area (TPSA) is 123 Å². The molecule has 2 aromatic heterocycles. The van der Waals surface area contributed by atoms with Gasteiger partial charge in [0.25, 0.3) is 5.91 Å². The Kier molecular flexibility index (Phi) is 6.24. The van der Waals surface area contributed by atoms with E-state index in [2.05, 4.69) is 20.3 Å². The summed E-state index contributed by atoms with van der Waals surface area (Å²) in [5.74, 6) is -5.48. The van der Waals surface area contributed by atoms with E-state index in [0.717, 1.165) is 30.3 Å². The molecule has 0 aliphatic carbocycles. The highest BCUT2D eigenvalue weighted by Crippen LogP contribution is 2.46. The number of alkyl halides is 3. The molecular formula is C26H20F5N5O3. The monoisotopic (exact) mass is 545 g/mol. The van der Waals surface area contributed by atoms with E-state index < -0.39 is 53.2 Å². The normalized spacial score (nSPS) is 17.5. The average molecular weight is 545 g/mol. The molecule has 0 unspecified atom stereocenters. The standard InChI is InChI=1S/C26H20F5N5O3/c1-25(24(32)38)11-39-21-15(25)9-18(34-20(21)12-2-4-13(27)5-3-12)16(26(29,30)31)10-33-23(37)22-35-17-7-6-14(28)8-19(17)36-22/h2-9,16H,10-11H2,1H3,(H2,32,38)(H,33,37)(H,35,36)/t16-,25+/m1/s1. The number of benzene rings is 2. The molecule has 39 heavy (non-hydrogen) atoms. The average Bonchev–Trinajstić information content (AvgIpc) is 3.45. The van der Waals surface area contributed by atoms with Crippen molar-refractivity contribution in [2.75, 3.05) is 13.2 Å². The summed E-state index contributed by atoms with van der Waals surface area (Å²) in [6.07, 6.45) is -4.88. The fraction of sp³-hybridized carbons (Fsp3) is 0.231. The number of H-pyrrole nitrogens is 1. The number of nitrogens with one attached hydrogen (secondary N) is 2. The van der Waals surface area contributed by atoms with Crippen molar-refractivity contribution >= 4 is 22.8 Å². The van der Waals surface area contributed by atoms with Gasteiger partial charge in [-0.25, -0.2) is 18.7 Å². The number of amides is 2. The highest BCUT2D eigenvalue weighted by atomic mass is 19.4. The van der Waals surface area contributed by atoms with E-state index in [0.29, 0.717) is 0 Å². The van der Waals surface area contributed by atoms with Crippen LogP contribution in [0.15, 0.2) is 48.5 Å². The number of aromatic amines is 1. The van der Waals surface area contributed by atoms with Crippen LogP contribution in [0, 0.1) is 11.6 Å².